The molecule has 0 saturated carbocycles. The van der Waals surface area contributed by atoms with Crippen molar-refractivity contribution >= 4 is 47.0 Å². The molecule has 0 bridgehead atoms. The van der Waals surface area contributed by atoms with E-state index in [9.17, 15) is 0 Å². The molecular weight excluding hydrogens is 272 g/mol. The summed E-state index contributed by atoms with van der Waals surface area (Å²) in [7, 11) is 5.26. The zero-order valence-electron chi connectivity index (χ0n) is 10.8. The molecule has 1 unspecified atom stereocenters. The van der Waals surface area contributed by atoms with Crippen molar-refractivity contribution in [3.63, 3.8) is 0 Å². The molecule has 0 aliphatic heterocycles. The minimum absolute atomic E-state index is 0.300. The van der Waals surface area contributed by atoms with Crippen molar-refractivity contribution in [3.8, 4) is 0 Å². The van der Waals surface area contributed by atoms with E-state index >= 15 is 0 Å². The van der Waals surface area contributed by atoms with Crippen LogP contribution in [0.1, 0.15) is 19.3 Å². The highest BCUT2D eigenvalue weighted by Gasteiger charge is 2.06. The van der Waals surface area contributed by atoms with Crippen LogP contribution in [0.3, 0.4) is 0 Å². The lowest BCUT2D eigenvalue weighted by atomic mass is 10.1. The van der Waals surface area contributed by atoms with E-state index in [2.05, 4.69) is 37.4 Å². The first-order valence-electron chi connectivity index (χ1n) is 6.27. The molecule has 18 heavy (non-hydrogen) atoms. The SMILES string of the molecule is C=CCCC(CC=C)O[SiH2]c1cc[c]([Mg][Cl])cc1. The van der Waals surface area contributed by atoms with E-state index in [0.29, 0.717) is 6.10 Å². The van der Waals surface area contributed by atoms with Crippen LogP contribution in [0.5, 0.6) is 0 Å². The molecule has 1 aromatic carbocycles. The summed E-state index contributed by atoms with van der Waals surface area (Å²) in [6.45, 7) is 7.54. The largest absolute Gasteiger partial charge is 0.538 e. The third-order valence-electron chi connectivity index (χ3n) is 2.79. The Morgan fingerprint density at radius 3 is 2.56 bits per heavy atom. The lowest BCUT2D eigenvalue weighted by Gasteiger charge is -2.16. The number of hydrogen-bond acceptors (Lipinski definition) is 1. The molecule has 1 nitrogen and oxygen atoms in total. The van der Waals surface area contributed by atoms with E-state index in [0.717, 1.165) is 19.3 Å². The second-order valence-corrected chi connectivity index (χ2v) is 7.60. The fraction of sp³-hybridized carbons (Fsp3) is 0.286. The van der Waals surface area contributed by atoms with E-state index < -0.39 is 29.0 Å². The molecule has 0 radical (unpaired) electrons. The normalized spacial score (nSPS) is 12.3. The summed E-state index contributed by atoms with van der Waals surface area (Å²) >= 11 is -0.551. The zero-order chi connectivity index (χ0) is 13.2. The molecule has 1 rings (SSSR count). The maximum absolute atomic E-state index is 6.04. The summed E-state index contributed by atoms with van der Waals surface area (Å²) in [5, 5.41) is 1.34. The Hall–Kier alpha value is -0.0669. The summed E-state index contributed by atoms with van der Waals surface area (Å²) in [4.78, 5) is 0. The van der Waals surface area contributed by atoms with Gasteiger partial charge in [-0.05, 0) is 24.4 Å². The summed E-state index contributed by atoms with van der Waals surface area (Å²) < 4.78 is 7.34. The number of allylic oxidation sites excluding steroid dienone is 1. The van der Waals surface area contributed by atoms with Crippen LogP contribution in [0, 0.1) is 0 Å². The summed E-state index contributed by atoms with van der Waals surface area (Å²) in [6, 6.07) is 8.60. The van der Waals surface area contributed by atoms with E-state index in [4.69, 9.17) is 13.5 Å². The van der Waals surface area contributed by atoms with Gasteiger partial charge in [-0.3, -0.25) is 0 Å². The van der Waals surface area contributed by atoms with E-state index in [-0.39, 0.29) is 0 Å². The molecule has 0 heterocycles. The number of benzene rings is 1. The molecule has 0 aromatic heterocycles. The Balaban J connectivity index is 2.43. The van der Waals surface area contributed by atoms with Crippen molar-refractivity contribution in [1.29, 1.82) is 0 Å². The average Bonchev–Trinajstić information content (AvgIpc) is 2.42. The minimum atomic E-state index is -0.640. The minimum Gasteiger partial charge on any atom is -0.415 e. The second-order valence-electron chi connectivity index (χ2n) is 4.27. The van der Waals surface area contributed by atoms with Crippen molar-refractivity contribution in [3.05, 3.63) is 49.6 Å². The van der Waals surface area contributed by atoms with Gasteiger partial charge in [0.25, 0.3) is 0 Å². The quantitative estimate of drug-likeness (QED) is 0.498. The van der Waals surface area contributed by atoms with Crippen molar-refractivity contribution in [2.24, 2.45) is 0 Å². The summed E-state index contributed by atoms with van der Waals surface area (Å²) in [5.41, 5.74) is 0. The van der Waals surface area contributed by atoms with E-state index in [1.54, 1.807) is 0 Å². The van der Waals surface area contributed by atoms with Crippen LogP contribution in [0.25, 0.3) is 0 Å². The average molecular weight is 291 g/mol. The van der Waals surface area contributed by atoms with E-state index in [1.807, 2.05) is 12.2 Å². The van der Waals surface area contributed by atoms with Crippen molar-refractivity contribution in [2.75, 3.05) is 0 Å². The van der Waals surface area contributed by atoms with Gasteiger partial charge in [0.15, 0.2) is 9.76 Å². The fourth-order valence-electron chi connectivity index (χ4n) is 1.70. The first-order chi connectivity index (χ1) is 8.80. The maximum atomic E-state index is 6.04. The lowest BCUT2D eigenvalue weighted by molar-refractivity contribution is 0.209. The van der Waals surface area contributed by atoms with Gasteiger partial charge in [-0.15, -0.1) is 16.9 Å². The Bertz CT molecular complexity index is 367. The highest BCUT2D eigenvalue weighted by Crippen LogP contribution is 2.07. The highest BCUT2D eigenvalue weighted by molar-refractivity contribution is 7.01. The number of hydrogen-bond donors (Lipinski definition) is 0. The van der Waals surface area contributed by atoms with Crippen molar-refractivity contribution in [2.45, 2.75) is 25.4 Å². The van der Waals surface area contributed by atoms with Gasteiger partial charge < -0.3 is 13.5 Å². The summed E-state index contributed by atoms with van der Waals surface area (Å²) in [5.74, 6) is 0. The van der Waals surface area contributed by atoms with Crippen LogP contribution in [0.2, 0.25) is 0 Å². The topological polar surface area (TPSA) is 9.23 Å². The first kappa shape index (κ1) is 16.0. The molecule has 0 aliphatic carbocycles. The molecule has 0 amide bonds. The molecule has 0 N–H and O–H groups in total. The predicted octanol–water partition coefficient (Wildman–Crippen LogP) is 1.81. The Labute approximate surface area is 126 Å². The molecule has 1 atom stereocenters. The smallest absolute Gasteiger partial charge is 0.415 e. The molecule has 94 valence electrons. The van der Waals surface area contributed by atoms with Crippen LogP contribution >= 0.6 is 9.07 Å². The van der Waals surface area contributed by atoms with Crippen LogP contribution < -0.4 is 8.88 Å². The second kappa shape index (κ2) is 9.81. The van der Waals surface area contributed by atoms with Gasteiger partial charge in [-0.25, -0.2) is 0 Å². The Kier molecular flexibility index (Phi) is 8.71. The van der Waals surface area contributed by atoms with Gasteiger partial charge >= 0.3 is 19.3 Å². The monoisotopic (exact) mass is 290 g/mol. The molecule has 4 heteroatoms. The lowest BCUT2D eigenvalue weighted by Crippen LogP contribution is -2.25. The Morgan fingerprint density at radius 1 is 1.28 bits per heavy atom. The number of rotatable bonds is 9. The fourth-order valence-corrected chi connectivity index (χ4v) is 3.80. The zero-order valence-corrected chi connectivity index (χ0v) is 14.4. The maximum Gasteiger partial charge on any atom is 0.538 e. The van der Waals surface area contributed by atoms with Crippen LogP contribution in [-0.4, -0.2) is 35.1 Å². The number of halogens is 1. The van der Waals surface area contributed by atoms with Gasteiger partial charge in [0.1, 0.15) is 0 Å². The van der Waals surface area contributed by atoms with Gasteiger partial charge in [0.05, 0.1) is 0 Å². The van der Waals surface area contributed by atoms with Gasteiger partial charge in [0.2, 0.25) is 0 Å². The molecule has 1 aromatic rings. The predicted molar refractivity (Wildman–Crippen MR) is 85.0 cm³/mol. The summed E-state index contributed by atoms with van der Waals surface area (Å²) in [6.07, 6.45) is 7.15. The molecule has 0 saturated heterocycles. The van der Waals surface area contributed by atoms with Gasteiger partial charge in [0, 0.05) is 6.10 Å². The third-order valence-corrected chi connectivity index (χ3v) is 5.93. The van der Waals surface area contributed by atoms with Gasteiger partial charge in [-0.2, -0.15) is 0 Å². The van der Waals surface area contributed by atoms with Crippen LogP contribution in [0.15, 0.2) is 49.6 Å². The highest BCUT2D eigenvalue weighted by atomic mass is 35.5. The molecule has 0 aliphatic rings. The van der Waals surface area contributed by atoms with Crippen molar-refractivity contribution < 1.29 is 4.43 Å². The molecular formula is C14H19ClMgOSi. The van der Waals surface area contributed by atoms with Crippen LogP contribution in [0.4, 0.5) is 0 Å². The van der Waals surface area contributed by atoms with E-state index in [1.165, 1.54) is 8.88 Å². The van der Waals surface area contributed by atoms with Crippen molar-refractivity contribution in [1.82, 2.24) is 0 Å². The Morgan fingerprint density at radius 2 is 2.00 bits per heavy atom. The molecule has 0 fully saturated rings. The standard InChI is InChI=1S/C14H19OSi.ClH.Mg/c1-3-5-10-13(9-4-2)15-16-14-11-7-6-8-12-14;;/h3-4,7-8,11-13H,1-2,5,9-10,16H2;1H;/q;;+1/p-1. The first-order valence-corrected chi connectivity index (χ1v) is 10.4. The van der Waals surface area contributed by atoms with Gasteiger partial charge in [-0.1, -0.05) is 36.4 Å². The third kappa shape index (κ3) is 6.20. The van der Waals surface area contributed by atoms with Crippen LogP contribution in [-0.2, 0) is 4.43 Å². The molecule has 0 spiro atoms.